The van der Waals surface area contributed by atoms with Crippen LogP contribution in [0.2, 0.25) is 0 Å². The number of carbonyl (C=O) groups excluding carboxylic acids is 1. The predicted molar refractivity (Wildman–Crippen MR) is 106 cm³/mol. The van der Waals surface area contributed by atoms with Crippen LogP contribution in [0.1, 0.15) is 54.7 Å². The molecule has 2 aromatic carbocycles. The Morgan fingerprint density at radius 3 is 2.48 bits per heavy atom. The van der Waals surface area contributed by atoms with E-state index in [1.807, 2.05) is 36.4 Å². The molecule has 0 N–H and O–H groups in total. The molecule has 0 aliphatic carbocycles. The maximum atomic E-state index is 13.4. The number of fused-ring (bicyclic) bond motifs is 3. The second-order valence-corrected chi connectivity index (χ2v) is 8.60. The highest BCUT2D eigenvalue weighted by Crippen LogP contribution is 2.47. The van der Waals surface area contributed by atoms with Crippen LogP contribution in [0.15, 0.2) is 41.4 Å². The Morgan fingerprint density at radius 1 is 1.11 bits per heavy atom. The number of nitrogens with zero attached hydrogens (tertiary/aromatic N) is 1. The van der Waals surface area contributed by atoms with Crippen LogP contribution in [0.25, 0.3) is 0 Å². The highest BCUT2D eigenvalue weighted by molar-refractivity contribution is 6.52. The third kappa shape index (κ3) is 3.03. The molecule has 2 aliphatic heterocycles. The molecule has 0 amide bonds. The first-order valence-corrected chi connectivity index (χ1v) is 9.32. The van der Waals surface area contributed by atoms with E-state index in [0.29, 0.717) is 11.3 Å². The molecule has 2 heterocycles. The van der Waals surface area contributed by atoms with Gasteiger partial charge in [-0.1, -0.05) is 30.3 Å². The van der Waals surface area contributed by atoms with Gasteiger partial charge in [0.2, 0.25) is 5.78 Å². The van der Waals surface area contributed by atoms with Crippen LogP contribution in [-0.4, -0.2) is 29.7 Å². The van der Waals surface area contributed by atoms with Crippen molar-refractivity contribution in [2.45, 2.75) is 51.7 Å². The molecule has 0 radical (unpaired) electrons. The Kier molecular flexibility index (Phi) is 3.91. The minimum absolute atomic E-state index is 0.0401. The van der Waals surface area contributed by atoms with Crippen molar-refractivity contribution in [3.05, 3.63) is 58.7 Å². The van der Waals surface area contributed by atoms with Crippen molar-refractivity contribution in [2.75, 3.05) is 7.11 Å². The monoisotopic (exact) mass is 363 g/mol. The fourth-order valence-electron chi connectivity index (χ4n) is 4.11. The topological polar surface area (TPSA) is 47.9 Å². The lowest BCUT2D eigenvalue weighted by Crippen LogP contribution is -2.33. The lowest BCUT2D eigenvalue weighted by Gasteiger charge is -2.30. The molecule has 0 atom stereocenters. The van der Waals surface area contributed by atoms with Crippen LogP contribution in [0.4, 0.5) is 0 Å². The molecular weight excluding hydrogens is 338 g/mol. The molecule has 0 saturated carbocycles. The lowest BCUT2D eigenvalue weighted by molar-refractivity contribution is 0.106. The van der Waals surface area contributed by atoms with E-state index in [-0.39, 0.29) is 16.9 Å². The number of hydrogen-bond donors (Lipinski definition) is 0. The maximum Gasteiger partial charge on any atom is 0.211 e. The average molecular weight is 363 g/mol. The number of carbonyl (C=O) groups is 1. The molecule has 2 aromatic rings. The van der Waals surface area contributed by atoms with Gasteiger partial charge in [-0.3, -0.25) is 9.79 Å². The van der Waals surface area contributed by atoms with E-state index >= 15 is 0 Å². The molecule has 0 saturated heterocycles. The smallest absolute Gasteiger partial charge is 0.211 e. The summed E-state index contributed by atoms with van der Waals surface area (Å²) in [5, 5.41) is 0. The summed E-state index contributed by atoms with van der Waals surface area (Å²) < 4.78 is 11.8. The zero-order chi connectivity index (χ0) is 19.4. The maximum absolute atomic E-state index is 13.4. The SMILES string of the molecule is COc1cc2c(c3c1OC(C)(C)C3)C(C(=O)c1ccccc1)=NC(C)(C)C2. The number of ether oxygens (including phenoxy) is 2. The van der Waals surface area contributed by atoms with Gasteiger partial charge >= 0.3 is 0 Å². The second kappa shape index (κ2) is 5.95. The highest BCUT2D eigenvalue weighted by atomic mass is 16.5. The minimum atomic E-state index is -0.346. The van der Waals surface area contributed by atoms with Crippen LogP contribution in [0.3, 0.4) is 0 Å². The van der Waals surface area contributed by atoms with E-state index in [4.69, 9.17) is 14.5 Å². The Balaban J connectivity index is 1.95. The zero-order valence-electron chi connectivity index (χ0n) is 16.6. The van der Waals surface area contributed by atoms with Crippen molar-refractivity contribution >= 4 is 11.5 Å². The van der Waals surface area contributed by atoms with Gasteiger partial charge in [0.05, 0.1) is 12.6 Å². The zero-order valence-corrected chi connectivity index (χ0v) is 16.6. The predicted octanol–water partition coefficient (Wildman–Crippen LogP) is 4.42. The molecule has 0 aromatic heterocycles. The van der Waals surface area contributed by atoms with Crippen molar-refractivity contribution in [3.8, 4) is 11.5 Å². The number of ketones is 1. The van der Waals surface area contributed by atoms with E-state index in [0.717, 1.165) is 41.0 Å². The Bertz CT molecular complexity index is 955. The van der Waals surface area contributed by atoms with Crippen molar-refractivity contribution in [2.24, 2.45) is 4.99 Å². The van der Waals surface area contributed by atoms with Crippen molar-refractivity contribution in [1.82, 2.24) is 0 Å². The summed E-state index contributed by atoms with van der Waals surface area (Å²) in [4.78, 5) is 18.2. The number of rotatable bonds is 3. The first kappa shape index (κ1) is 17.8. The van der Waals surface area contributed by atoms with Gasteiger partial charge in [-0.15, -0.1) is 0 Å². The molecule has 4 rings (SSSR count). The Labute approximate surface area is 160 Å². The summed E-state index contributed by atoms with van der Waals surface area (Å²) in [5.41, 5.74) is 3.58. The normalized spacial score (nSPS) is 18.8. The van der Waals surface area contributed by atoms with E-state index in [1.54, 1.807) is 7.11 Å². The summed E-state index contributed by atoms with van der Waals surface area (Å²) >= 11 is 0. The first-order valence-electron chi connectivity index (χ1n) is 9.32. The molecule has 0 bridgehead atoms. The molecule has 140 valence electrons. The van der Waals surface area contributed by atoms with Gasteiger partial charge in [-0.05, 0) is 45.7 Å². The van der Waals surface area contributed by atoms with Crippen molar-refractivity contribution < 1.29 is 14.3 Å². The van der Waals surface area contributed by atoms with E-state index < -0.39 is 0 Å². The molecule has 2 aliphatic rings. The molecule has 27 heavy (non-hydrogen) atoms. The quantitative estimate of drug-likeness (QED) is 0.759. The van der Waals surface area contributed by atoms with Gasteiger partial charge < -0.3 is 9.47 Å². The van der Waals surface area contributed by atoms with Gasteiger partial charge in [-0.2, -0.15) is 0 Å². The molecule has 4 nitrogen and oxygen atoms in total. The summed E-state index contributed by atoms with van der Waals surface area (Å²) in [7, 11) is 1.66. The molecular formula is C23H25NO3. The van der Waals surface area contributed by atoms with Crippen LogP contribution in [0, 0.1) is 0 Å². The molecule has 0 unspecified atom stereocenters. The third-order valence-electron chi connectivity index (χ3n) is 5.15. The second-order valence-electron chi connectivity index (χ2n) is 8.60. The van der Waals surface area contributed by atoms with Gasteiger partial charge in [0.15, 0.2) is 11.5 Å². The molecule has 4 heteroatoms. The lowest BCUT2D eigenvalue weighted by atomic mass is 9.81. The van der Waals surface area contributed by atoms with Crippen molar-refractivity contribution in [3.63, 3.8) is 0 Å². The molecule has 0 fully saturated rings. The summed E-state index contributed by atoms with van der Waals surface area (Å²) in [6.07, 6.45) is 1.49. The largest absolute Gasteiger partial charge is 0.493 e. The number of benzene rings is 2. The van der Waals surface area contributed by atoms with Gasteiger partial charge in [0.25, 0.3) is 0 Å². The molecule has 0 spiro atoms. The van der Waals surface area contributed by atoms with Gasteiger partial charge in [0, 0.05) is 23.1 Å². The van der Waals surface area contributed by atoms with Crippen molar-refractivity contribution in [1.29, 1.82) is 0 Å². The van der Waals surface area contributed by atoms with Crippen LogP contribution >= 0.6 is 0 Å². The minimum Gasteiger partial charge on any atom is -0.493 e. The first-order chi connectivity index (χ1) is 12.7. The summed E-state index contributed by atoms with van der Waals surface area (Å²) in [6.45, 7) is 8.24. The average Bonchev–Trinajstić information content (AvgIpc) is 2.94. The van der Waals surface area contributed by atoms with Gasteiger partial charge in [0.1, 0.15) is 11.3 Å². The highest BCUT2D eigenvalue weighted by Gasteiger charge is 2.40. The fraction of sp³-hybridized carbons (Fsp3) is 0.391. The van der Waals surface area contributed by atoms with E-state index in [2.05, 4.69) is 27.7 Å². The van der Waals surface area contributed by atoms with Crippen LogP contribution in [-0.2, 0) is 12.8 Å². The fourth-order valence-corrected chi connectivity index (χ4v) is 4.11. The van der Waals surface area contributed by atoms with E-state index in [1.165, 1.54) is 0 Å². The van der Waals surface area contributed by atoms with E-state index in [9.17, 15) is 4.79 Å². The number of Topliss-reactive ketones (excluding diaryl/α,β-unsaturated/α-hetero) is 1. The third-order valence-corrected chi connectivity index (χ3v) is 5.15. The number of aliphatic imine (C=N–C) groups is 1. The standard InChI is InChI=1S/C23H25NO3/c1-22(2)12-15-11-17(26-5)21-16(13-23(3,4)27-21)18(15)19(24-22)20(25)14-9-7-6-8-10-14/h6-11H,12-13H2,1-5H3. The van der Waals surface area contributed by atoms with Crippen LogP contribution in [0.5, 0.6) is 11.5 Å². The summed E-state index contributed by atoms with van der Waals surface area (Å²) in [5.74, 6) is 1.44. The summed E-state index contributed by atoms with van der Waals surface area (Å²) in [6, 6.07) is 11.4. The van der Waals surface area contributed by atoms with Gasteiger partial charge in [-0.25, -0.2) is 0 Å². The number of methoxy groups -OCH3 is 1. The Morgan fingerprint density at radius 2 is 1.81 bits per heavy atom. The van der Waals surface area contributed by atoms with Crippen LogP contribution < -0.4 is 9.47 Å². The Hall–Kier alpha value is -2.62. The number of hydrogen-bond acceptors (Lipinski definition) is 4.